The lowest BCUT2D eigenvalue weighted by Crippen LogP contribution is -2.26. The first-order chi connectivity index (χ1) is 11.0. The molecule has 2 rings (SSSR count). The molecule has 1 N–H and O–H groups in total. The number of aromatic nitrogens is 2. The van der Waals surface area contributed by atoms with Crippen LogP contribution in [0.3, 0.4) is 0 Å². The number of pyridine rings is 1. The van der Waals surface area contributed by atoms with E-state index in [-0.39, 0.29) is 24.0 Å². The van der Waals surface area contributed by atoms with E-state index in [1.807, 2.05) is 0 Å². The molecule has 0 aliphatic carbocycles. The SMILES string of the molecule is COc1ccc([N+](=O)[O-])c(N(CCCO)Cc2cnc(Cl)s2)n1. The number of ether oxygens (including phenoxy) is 1. The molecule has 2 aromatic heterocycles. The van der Waals surface area contributed by atoms with Crippen molar-refractivity contribution in [2.24, 2.45) is 0 Å². The first-order valence-electron chi connectivity index (χ1n) is 6.70. The van der Waals surface area contributed by atoms with Gasteiger partial charge in [0.25, 0.3) is 0 Å². The molecular weight excluding hydrogens is 344 g/mol. The second-order valence-electron chi connectivity index (χ2n) is 4.53. The molecule has 0 amide bonds. The third-order valence-electron chi connectivity index (χ3n) is 2.99. The fraction of sp³-hybridized carbons (Fsp3) is 0.385. The summed E-state index contributed by atoms with van der Waals surface area (Å²) < 4.78 is 5.46. The van der Waals surface area contributed by atoms with Crippen LogP contribution in [0.25, 0.3) is 0 Å². The maximum absolute atomic E-state index is 11.3. The summed E-state index contributed by atoms with van der Waals surface area (Å²) in [6, 6.07) is 2.79. The Morgan fingerprint density at radius 3 is 2.87 bits per heavy atom. The van der Waals surface area contributed by atoms with Crippen LogP contribution in [0.1, 0.15) is 11.3 Å². The third kappa shape index (κ3) is 4.50. The van der Waals surface area contributed by atoms with E-state index in [1.54, 1.807) is 11.1 Å². The molecule has 23 heavy (non-hydrogen) atoms. The molecule has 124 valence electrons. The number of thiazole rings is 1. The Kier molecular flexibility index (Phi) is 6.08. The van der Waals surface area contributed by atoms with E-state index < -0.39 is 4.92 Å². The third-order valence-corrected chi connectivity index (χ3v) is 4.09. The smallest absolute Gasteiger partial charge is 0.311 e. The number of anilines is 1. The molecule has 2 aromatic rings. The number of aliphatic hydroxyl groups excluding tert-OH is 1. The van der Waals surface area contributed by atoms with Crippen molar-refractivity contribution < 1.29 is 14.8 Å². The van der Waals surface area contributed by atoms with Gasteiger partial charge < -0.3 is 14.7 Å². The zero-order valence-electron chi connectivity index (χ0n) is 12.3. The van der Waals surface area contributed by atoms with E-state index in [0.29, 0.717) is 24.0 Å². The number of hydrogen-bond donors (Lipinski definition) is 1. The molecule has 0 aliphatic heterocycles. The molecule has 0 spiro atoms. The summed E-state index contributed by atoms with van der Waals surface area (Å²) in [6.07, 6.45) is 2.06. The maximum atomic E-state index is 11.3. The average Bonchev–Trinajstić information content (AvgIpc) is 2.95. The summed E-state index contributed by atoms with van der Waals surface area (Å²) in [7, 11) is 1.44. The molecule has 10 heteroatoms. The molecule has 0 aromatic carbocycles. The topological polar surface area (TPSA) is 102 Å². The molecule has 0 atom stereocenters. The lowest BCUT2D eigenvalue weighted by atomic mass is 10.3. The Hall–Kier alpha value is -1.97. The Bertz CT molecular complexity index is 682. The van der Waals surface area contributed by atoms with E-state index >= 15 is 0 Å². The highest BCUT2D eigenvalue weighted by atomic mass is 35.5. The van der Waals surface area contributed by atoms with Gasteiger partial charge >= 0.3 is 5.69 Å². The second kappa shape index (κ2) is 8.04. The van der Waals surface area contributed by atoms with Gasteiger partial charge in [0.2, 0.25) is 11.7 Å². The molecule has 0 fully saturated rings. The van der Waals surface area contributed by atoms with Gasteiger partial charge in [-0.1, -0.05) is 11.6 Å². The van der Waals surface area contributed by atoms with E-state index in [9.17, 15) is 10.1 Å². The minimum atomic E-state index is -0.493. The highest BCUT2D eigenvalue weighted by molar-refractivity contribution is 7.15. The largest absolute Gasteiger partial charge is 0.481 e. The number of methoxy groups -OCH3 is 1. The first kappa shape index (κ1) is 17.4. The number of rotatable bonds is 8. The molecule has 0 unspecified atom stereocenters. The standard InChI is InChI=1S/C13H15ClN4O4S/c1-22-11-4-3-10(18(20)21)12(16-11)17(5-2-6-19)8-9-7-15-13(14)23-9/h3-4,7,19H,2,5-6,8H2,1H3. The van der Waals surface area contributed by atoms with Gasteiger partial charge in [-0.2, -0.15) is 4.98 Å². The van der Waals surface area contributed by atoms with Gasteiger partial charge in [0.1, 0.15) is 0 Å². The van der Waals surface area contributed by atoms with Crippen molar-refractivity contribution in [3.05, 3.63) is 37.8 Å². The summed E-state index contributed by atoms with van der Waals surface area (Å²) in [5.41, 5.74) is -0.126. The molecule has 0 saturated carbocycles. The quantitative estimate of drug-likeness (QED) is 0.571. The number of halogens is 1. The summed E-state index contributed by atoms with van der Waals surface area (Å²) in [6.45, 7) is 0.718. The van der Waals surface area contributed by atoms with Crippen LogP contribution in [-0.4, -0.2) is 40.3 Å². The molecule has 2 heterocycles. The number of nitro groups is 1. The van der Waals surface area contributed by atoms with Crippen LogP contribution in [0.4, 0.5) is 11.5 Å². The van der Waals surface area contributed by atoms with Crippen LogP contribution >= 0.6 is 22.9 Å². The zero-order valence-corrected chi connectivity index (χ0v) is 13.9. The van der Waals surface area contributed by atoms with E-state index in [4.69, 9.17) is 21.4 Å². The van der Waals surface area contributed by atoms with Gasteiger partial charge in [-0.3, -0.25) is 10.1 Å². The van der Waals surface area contributed by atoms with Crippen molar-refractivity contribution >= 4 is 34.4 Å². The summed E-state index contributed by atoms with van der Waals surface area (Å²) >= 11 is 7.12. The normalized spacial score (nSPS) is 10.6. The molecule has 8 nitrogen and oxygen atoms in total. The summed E-state index contributed by atoms with van der Waals surface area (Å²) in [5, 5.41) is 20.3. The number of hydrogen-bond acceptors (Lipinski definition) is 8. The van der Waals surface area contributed by atoms with Gasteiger partial charge in [0.15, 0.2) is 4.47 Å². The highest BCUT2D eigenvalue weighted by Gasteiger charge is 2.23. The fourth-order valence-corrected chi connectivity index (χ4v) is 2.97. The van der Waals surface area contributed by atoms with Crippen molar-refractivity contribution in [1.82, 2.24) is 9.97 Å². The van der Waals surface area contributed by atoms with Crippen LogP contribution in [0.15, 0.2) is 18.3 Å². The van der Waals surface area contributed by atoms with E-state index in [1.165, 1.54) is 30.6 Å². The van der Waals surface area contributed by atoms with Crippen LogP contribution in [0.5, 0.6) is 5.88 Å². The lowest BCUT2D eigenvalue weighted by Gasteiger charge is -2.22. The predicted molar refractivity (Wildman–Crippen MR) is 87.3 cm³/mol. The van der Waals surface area contributed by atoms with Crippen molar-refractivity contribution in [3.8, 4) is 5.88 Å². The van der Waals surface area contributed by atoms with Crippen molar-refractivity contribution in [3.63, 3.8) is 0 Å². The van der Waals surface area contributed by atoms with Crippen LogP contribution in [0, 0.1) is 10.1 Å². The molecule has 0 bridgehead atoms. The Morgan fingerprint density at radius 1 is 1.52 bits per heavy atom. The number of aliphatic hydroxyl groups is 1. The van der Waals surface area contributed by atoms with E-state index in [2.05, 4.69) is 9.97 Å². The fourth-order valence-electron chi connectivity index (χ4n) is 1.98. The van der Waals surface area contributed by atoms with Gasteiger partial charge in [0.05, 0.1) is 18.6 Å². The molecule has 0 aliphatic rings. The maximum Gasteiger partial charge on any atom is 0.311 e. The van der Waals surface area contributed by atoms with Gasteiger partial charge in [0, 0.05) is 36.4 Å². The second-order valence-corrected chi connectivity index (χ2v) is 6.23. The van der Waals surface area contributed by atoms with Gasteiger partial charge in [-0.15, -0.1) is 11.3 Å². The highest BCUT2D eigenvalue weighted by Crippen LogP contribution is 2.31. The molecule has 0 radical (unpaired) electrons. The minimum Gasteiger partial charge on any atom is -0.481 e. The summed E-state index contributed by atoms with van der Waals surface area (Å²) in [5.74, 6) is 0.467. The number of nitrogens with zero attached hydrogens (tertiary/aromatic N) is 4. The van der Waals surface area contributed by atoms with Gasteiger partial charge in [-0.05, 0) is 6.42 Å². The average molecular weight is 359 g/mol. The first-order valence-corrected chi connectivity index (χ1v) is 7.90. The van der Waals surface area contributed by atoms with Crippen LogP contribution < -0.4 is 9.64 Å². The van der Waals surface area contributed by atoms with Crippen molar-refractivity contribution in [1.29, 1.82) is 0 Å². The van der Waals surface area contributed by atoms with Gasteiger partial charge in [-0.25, -0.2) is 4.98 Å². The van der Waals surface area contributed by atoms with E-state index in [0.717, 1.165) is 4.88 Å². The Balaban J connectivity index is 2.38. The lowest BCUT2D eigenvalue weighted by molar-refractivity contribution is -0.384. The Morgan fingerprint density at radius 2 is 2.30 bits per heavy atom. The molecular formula is C13H15ClN4O4S. The predicted octanol–water partition coefficient (Wildman–Crippen LogP) is 2.50. The monoisotopic (exact) mass is 358 g/mol. The van der Waals surface area contributed by atoms with Crippen molar-refractivity contribution in [2.75, 3.05) is 25.2 Å². The summed E-state index contributed by atoms with van der Waals surface area (Å²) in [4.78, 5) is 21.5. The van der Waals surface area contributed by atoms with Crippen LogP contribution in [-0.2, 0) is 6.54 Å². The van der Waals surface area contributed by atoms with Crippen LogP contribution in [0.2, 0.25) is 4.47 Å². The molecule has 0 saturated heterocycles. The van der Waals surface area contributed by atoms with Crippen molar-refractivity contribution in [2.45, 2.75) is 13.0 Å². The minimum absolute atomic E-state index is 0.0300. The Labute approximate surface area is 141 Å². The zero-order chi connectivity index (χ0) is 16.8.